The first-order chi connectivity index (χ1) is 9.76. The second kappa shape index (κ2) is 5.98. The molecule has 1 aromatic heterocycles. The molecular weight excluding hydrogens is 248 g/mol. The lowest BCUT2D eigenvalue weighted by atomic mass is 10.1. The van der Waals surface area contributed by atoms with Gasteiger partial charge < -0.3 is 14.6 Å². The predicted molar refractivity (Wildman–Crippen MR) is 82.9 cm³/mol. The van der Waals surface area contributed by atoms with Crippen molar-refractivity contribution in [3.63, 3.8) is 0 Å². The van der Waals surface area contributed by atoms with E-state index in [9.17, 15) is 0 Å². The van der Waals surface area contributed by atoms with Crippen molar-refractivity contribution in [1.29, 1.82) is 0 Å². The molecular formula is C17H24N2O. The molecule has 3 rings (SSSR count). The summed E-state index contributed by atoms with van der Waals surface area (Å²) >= 11 is 0. The number of nitrogens with zero attached hydrogens (tertiary/aromatic N) is 1. The summed E-state index contributed by atoms with van der Waals surface area (Å²) in [6, 6.07) is 10.6. The molecule has 3 nitrogen and oxygen atoms in total. The van der Waals surface area contributed by atoms with Crippen molar-refractivity contribution in [2.45, 2.75) is 26.3 Å². The summed E-state index contributed by atoms with van der Waals surface area (Å²) in [4.78, 5) is 2.53. The Balaban J connectivity index is 1.57. The van der Waals surface area contributed by atoms with Gasteiger partial charge in [-0.1, -0.05) is 25.1 Å². The largest absolute Gasteiger partial charge is 0.459 e. The maximum absolute atomic E-state index is 5.91. The van der Waals surface area contributed by atoms with Gasteiger partial charge in [-0.2, -0.15) is 0 Å². The Morgan fingerprint density at radius 2 is 2.25 bits per heavy atom. The number of para-hydroxylation sites is 1. The van der Waals surface area contributed by atoms with E-state index in [-0.39, 0.29) is 6.04 Å². The number of rotatable bonds is 5. The minimum absolute atomic E-state index is 0.276. The van der Waals surface area contributed by atoms with Gasteiger partial charge in [-0.3, -0.25) is 0 Å². The summed E-state index contributed by atoms with van der Waals surface area (Å²) in [6.07, 6.45) is 1.31. The smallest absolute Gasteiger partial charge is 0.134 e. The summed E-state index contributed by atoms with van der Waals surface area (Å²) in [5, 5.41) is 4.82. The Morgan fingerprint density at radius 1 is 1.40 bits per heavy atom. The van der Waals surface area contributed by atoms with Crippen LogP contribution in [0.3, 0.4) is 0 Å². The third kappa shape index (κ3) is 2.89. The first-order valence-electron chi connectivity index (χ1n) is 7.70. The Labute approximate surface area is 120 Å². The maximum Gasteiger partial charge on any atom is 0.134 e. The van der Waals surface area contributed by atoms with Crippen molar-refractivity contribution >= 4 is 11.0 Å². The van der Waals surface area contributed by atoms with Crippen LogP contribution in [0.15, 0.2) is 34.7 Å². The molecule has 0 amide bonds. The molecule has 2 aromatic rings. The molecule has 1 saturated heterocycles. The van der Waals surface area contributed by atoms with Gasteiger partial charge in [0.15, 0.2) is 0 Å². The minimum atomic E-state index is 0.276. The van der Waals surface area contributed by atoms with E-state index < -0.39 is 0 Å². The van der Waals surface area contributed by atoms with E-state index in [0.717, 1.165) is 23.8 Å². The third-order valence-corrected chi connectivity index (χ3v) is 4.40. The van der Waals surface area contributed by atoms with Crippen LogP contribution in [0.5, 0.6) is 0 Å². The average Bonchev–Trinajstić information content (AvgIpc) is 3.10. The number of fused-ring (bicyclic) bond motifs is 1. The number of nitrogens with one attached hydrogen (secondary N) is 1. The molecule has 1 aliphatic heterocycles. The summed E-state index contributed by atoms with van der Waals surface area (Å²) in [5.41, 5.74) is 0.981. The normalized spacial score (nSPS) is 21.6. The molecule has 1 fully saturated rings. The number of hydrogen-bond donors (Lipinski definition) is 1. The van der Waals surface area contributed by atoms with Crippen LogP contribution in [0.4, 0.5) is 0 Å². The lowest BCUT2D eigenvalue weighted by Crippen LogP contribution is -2.28. The summed E-state index contributed by atoms with van der Waals surface area (Å²) in [5.74, 6) is 1.82. The molecule has 2 unspecified atom stereocenters. The van der Waals surface area contributed by atoms with E-state index in [4.69, 9.17) is 4.42 Å². The second-order valence-corrected chi connectivity index (χ2v) is 5.86. The topological polar surface area (TPSA) is 28.4 Å². The first kappa shape index (κ1) is 13.7. The van der Waals surface area contributed by atoms with Crippen molar-refractivity contribution in [2.24, 2.45) is 5.92 Å². The Kier molecular flexibility index (Phi) is 4.08. The zero-order chi connectivity index (χ0) is 13.9. The summed E-state index contributed by atoms with van der Waals surface area (Å²) < 4.78 is 5.91. The van der Waals surface area contributed by atoms with Gasteiger partial charge in [0.25, 0.3) is 0 Å². The van der Waals surface area contributed by atoms with Crippen LogP contribution in [-0.4, -0.2) is 31.1 Å². The molecule has 1 aliphatic rings. The number of benzene rings is 1. The van der Waals surface area contributed by atoms with Gasteiger partial charge in [-0.15, -0.1) is 0 Å². The molecule has 0 spiro atoms. The molecule has 0 saturated carbocycles. The fourth-order valence-corrected chi connectivity index (χ4v) is 3.03. The van der Waals surface area contributed by atoms with E-state index in [2.05, 4.69) is 42.3 Å². The van der Waals surface area contributed by atoms with Crippen molar-refractivity contribution in [3.05, 3.63) is 36.1 Å². The van der Waals surface area contributed by atoms with Crippen LogP contribution in [-0.2, 0) is 0 Å². The van der Waals surface area contributed by atoms with Gasteiger partial charge in [-0.25, -0.2) is 0 Å². The van der Waals surface area contributed by atoms with Gasteiger partial charge >= 0.3 is 0 Å². The minimum Gasteiger partial charge on any atom is -0.459 e. The Hall–Kier alpha value is -1.32. The van der Waals surface area contributed by atoms with E-state index in [0.29, 0.717) is 0 Å². The van der Waals surface area contributed by atoms with Crippen LogP contribution >= 0.6 is 0 Å². The van der Waals surface area contributed by atoms with Gasteiger partial charge in [0, 0.05) is 11.9 Å². The standard InChI is InChI=1S/C17H24N2O/c1-3-19-9-8-14(12-19)11-18-13(2)17-10-15-6-4-5-7-16(15)20-17/h4-7,10,13-14,18H,3,8-9,11-12H2,1-2H3. The number of hydrogen-bond acceptors (Lipinski definition) is 3. The fraction of sp³-hybridized carbons (Fsp3) is 0.529. The summed E-state index contributed by atoms with van der Waals surface area (Å²) in [7, 11) is 0. The maximum atomic E-state index is 5.91. The van der Waals surface area contributed by atoms with Crippen molar-refractivity contribution in [3.8, 4) is 0 Å². The van der Waals surface area contributed by atoms with Gasteiger partial charge in [0.05, 0.1) is 6.04 Å². The van der Waals surface area contributed by atoms with Crippen LogP contribution in [0, 0.1) is 5.92 Å². The number of furan rings is 1. The lowest BCUT2D eigenvalue weighted by Gasteiger charge is -2.16. The number of likely N-dealkylation sites (tertiary alicyclic amines) is 1. The Bertz CT molecular complexity index is 530. The molecule has 108 valence electrons. The molecule has 20 heavy (non-hydrogen) atoms. The van der Waals surface area contributed by atoms with Crippen LogP contribution in [0.1, 0.15) is 32.1 Å². The SMILES string of the molecule is CCN1CCC(CNC(C)c2cc3ccccc3o2)C1. The van der Waals surface area contributed by atoms with E-state index in [1.54, 1.807) is 0 Å². The predicted octanol–water partition coefficient (Wildman–Crippen LogP) is 3.43. The molecule has 3 heteroatoms. The third-order valence-electron chi connectivity index (χ3n) is 4.40. The molecule has 0 aliphatic carbocycles. The molecule has 1 aromatic carbocycles. The second-order valence-electron chi connectivity index (χ2n) is 5.86. The Morgan fingerprint density at radius 3 is 3.00 bits per heavy atom. The monoisotopic (exact) mass is 272 g/mol. The van der Waals surface area contributed by atoms with Gasteiger partial charge in [-0.05, 0) is 51.0 Å². The van der Waals surface area contributed by atoms with Gasteiger partial charge in [0.2, 0.25) is 0 Å². The first-order valence-corrected chi connectivity index (χ1v) is 7.70. The highest BCUT2D eigenvalue weighted by Crippen LogP contribution is 2.24. The molecule has 0 bridgehead atoms. The van der Waals surface area contributed by atoms with Gasteiger partial charge in [0.1, 0.15) is 11.3 Å². The van der Waals surface area contributed by atoms with Crippen molar-refractivity contribution in [1.82, 2.24) is 10.2 Å². The lowest BCUT2D eigenvalue weighted by molar-refractivity contribution is 0.333. The van der Waals surface area contributed by atoms with E-state index in [1.165, 1.54) is 31.4 Å². The molecule has 2 atom stereocenters. The van der Waals surface area contributed by atoms with E-state index in [1.807, 2.05) is 12.1 Å². The quantitative estimate of drug-likeness (QED) is 0.904. The van der Waals surface area contributed by atoms with Crippen LogP contribution in [0.2, 0.25) is 0 Å². The zero-order valence-electron chi connectivity index (χ0n) is 12.4. The molecule has 2 heterocycles. The average molecular weight is 272 g/mol. The zero-order valence-corrected chi connectivity index (χ0v) is 12.4. The summed E-state index contributed by atoms with van der Waals surface area (Å²) in [6.45, 7) is 9.17. The van der Waals surface area contributed by atoms with Crippen molar-refractivity contribution < 1.29 is 4.42 Å². The van der Waals surface area contributed by atoms with Crippen LogP contribution < -0.4 is 5.32 Å². The molecule has 1 N–H and O–H groups in total. The fourth-order valence-electron chi connectivity index (χ4n) is 3.03. The van der Waals surface area contributed by atoms with Crippen LogP contribution in [0.25, 0.3) is 11.0 Å². The highest BCUT2D eigenvalue weighted by Gasteiger charge is 2.21. The molecule has 0 radical (unpaired) electrons. The van der Waals surface area contributed by atoms with Crippen molar-refractivity contribution in [2.75, 3.05) is 26.2 Å². The highest BCUT2D eigenvalue weighted by atomic mass is 16.3. The highest BCUT2D eigenvalue weighted by molar-refractivity contribution is 5.77. The van der Waals surface area contributed by atoms with E-state index >= 15 is 0 Å².